The number of anilines is 2. The highest BCUT2D eigenvalue weighted by molar-refractivity contribution is 7.08. The molecule has 1 saturated heterocycles. The number of piperazine rings is 1. The lowest BCUT2D eigenvalue weighted by Crippen LogP contribution is -2.47. The summed E-state index contributed by atoms with van der Waals surface area (Å²) in [5, 5.41) is 17.3. The lowest BCUT2D eigenvalue weighted by molar-refractivity contribution is 0.386. The van der Waals surface area contributed by atoms with Crippen molar-refractivity contribution in [3.63, 3.8) is 0 Å². The summed E-state index contributed by atoms with van der Waals surface area (Å²) in [6.07, 6.45) is 0. The first-order valence-electron chi connectivity index (χ1n) is 9.31. The Kier molecular flexibility index (Phi) is 4.51. The number of aromatic nitrogens is 4. The first-order valence-corrected chi connectivity index (χ1v) is 10.3. The highest BCUT2D eigenvalue weighted by atomic mass is 32.1. The summed E-state index contributed by atoms with van der Waals surface area (Å²) in [5.74, 6) is 1.55. The predicted molar refractivity (Wildman–Crippen MR) is 111 cm³/mol. The molecule has 1 aromatic carbocycles. The number of thiophene rings is 1. The summed E-state index contributed by atoms with van der Waals surface area (Å²) in [7, 11) is 1.47. The summed E-state index contributed by atoms with van der Waals surface area (Å²) >= 11 is 1.62. The summed E-state index contributed by atoms with van der Waals surface area (Å²) in [6.45, 7) is 3.15. The molecule has 1 aliphatic heterocycles. The van der Waals surface area contributed by atoms with Gasteiger partial charge in [0.15, 0.2) is 23.0 Å². The number of hydrogen-bond donors (Lipinski definition) is 0. The van der Waals surface area contributed by atoms with E-state index in [2.05, 4.69) is 20.0 Å². The van der Waals surface area contributed by atoms with E-state index in [4.69, 9.17) is 9.84 Å². The maximum Gasteiger partial charge on any atom is 0.186 e. The van der Waals surface area contributed by atoms with Gasteiger partial charge in [-0.3, -0.25) is 0 Å². The molecule has 0 aliphatic carbocycles. The SMILES string of the molecule is COc1ccc(N2CCN(c3ccc4nnc(-c5ccsc5)n4n3)CC2)cc1F. The molecule has 0 bridgehead atoms. The Balaban J connectivity index is 1.35. The minimum Gasteiger partial charge on any atom is -0.494 e. The van der Waals surface area contributed by atoms with Crippen molar-refractivity contribution in [2.24, 2.45) is 0 Å². The normalized spacial score (nSPS) is 14.6. The van der Waals surface area contributed by atoms with E-state index >= 15 is 0 Å². The second-order valence-corrected chi connectivity index (χ2v) is 7.57. The first kappa shape index (κ1) is 17.9. The molecule has 4 aromatic rings. The van der Waals surface area contributed by atoms with Gasteiger partial charge in [-0.25, -0.2) is 4.39 Å². The van der Waals surface area contributed by atoms with E-state index in [1.807, 2.05) is 35.0 Å². The van der Waals surface area contributed by atoms with Gasteiger partial charge >= 0.3 is 0 Å². The molecule has 7 nitrogen and oxygen atoms in total. The smallest absolute Gasteiger partial charge is 0.186 e. The lowest BCUT2D eigenvalue weighted by Gasteiger charge is -2.36. The lowest BCUT2D eigenvalue weighted by atomic mass is 10.2. The summed E-state index contributed by atoms with van der Waals surface area (Å²) in [6, 6.07) is 11.0. The van der Waals surface area contributed by atoms with Crippen LogP contribution in [0, 0.1) is 5.82 Å². The molecule has 29 heavy (non-hydrogen) atoms. The van der Waals surface area contributed by atoms with E-state index in [0.717, 1.165) is 54.7 Å². The second-order valence-electron chi connectivity index (χ2n) is 6.79. The maximum atomic E-state index is 14.0. The monoisotopic (exact) mass is 410 g/mol. The van der Waals surface area contributed by atoms with Crippen molar-refractivity contribution in [1.29, 1.82) is 0 Å². The van der Waals surface area contributed by atoms with Crippen LogP contribution in [-0.4, -0.2) is 53.1 Å². The van der Waals surface area contributed by atoms with E-state index in [-0.39, 0.29) is 11.6 Å². The fourth-order valence-corrected chi connectivity index (χ4v) is 4.20. The van der Waals surface area contributed by atoms with Crippen molar-refractivity contribution in [2.75, 3.05) is 43.1 Å². The molecule has 148 valence electrons. The van der Waals surface area contributed by atoms with E-state index < -0.39 is 0 Å². The second kappa shape index (κ2) is 7.32. The van der Waals surface area contributed by atoms with E-state index in [1.54, 1.807) is 21.9 Å². The number of benzene rings is 1. The molecule has 0 amide bonds. The molecule has 5 rings (SSSR count). The van der Waals surface area contributed by atoms with Crippen LogP contribution in [0.1, 0.15) is 0 Å². The van der Waals surface area contributed by atoms with Crippen molar-refractivity contribution in [3.8, 4) is 17.1 Å². The third kappa shape index (κ3) is 3.27. The van der Waals surface area contributed by atoms with Crippen molar-refractivity contribution in [3.05, 3.63) is 53.0 Å². The fraction of sp³-hybridized carbons (Fsp3) is 0.250. The molecular weight excluding hydrogens is 391 g/mol. The topological polar surface area (TPSA) is 58.8 Å². The zero-order chi connectivity index (χ0) is 19.8. The largest absolute Gasteiger partial charge is 0.494 e. The number of hydrogen-bond acceptors (Lipinski definition) is 7. The van der Waals surface area contributed by atoms with Crippen molar-refractivity contribution >= 4 is 28.5 Å². The van der Waals surface area contributed by atoms with Crippen LogP contribution >= 0.6 is 11.3 Å². The Labute approximate surface area is 171 Å². The van der Waals surface area contributed by atoms with Crippen LogP contribution in [0.25, 0.3) is 17.0 Å². The molecule has 0 atom stereocenters. The highest BCUT2D eigenvalue weighted by Crippen LogP contribution is 2.26. The van der Waals surface area contributed by atoms with Crippen molar-refractivity contribution in [2.45, 2.75) is 0 Å². The number of rotatable bonds is 4. The van der Waals surface area contributed by atoms with Gasteiger partial charge in [0.1, 0.15) is 5.82 Å². The Morgan fingerprint density at radius 2 is 1.83 bits per heavy atom. The van der Waals surface area contributed by atoms with E-state index in [9.17, 15) is 4.39 Å². The first-order chi connectivity index (χ1) is 14.2. The predicted octanol–water partition coefficient (Wildman–Crippen LogP) is 3.33. The number of halogens is 1. The molecule has 1 fully saturated rings. The summed E-state index contributed by atoms with van der Waals surface area (Å²) in [4.78, 5) is 4.40. The minimum absolute atomic E-state index is 0.264. The van der Waals surface area contributed by atoms with Gasteiger partial charge in [0.25, 0.3) is 0 Å². The molecule has 4 heterocycles. The molecule has 0 spiro atoms. The Hall–Kier alpha value is -3.20. The van der Waals surface area contributed by atoms with Gasteiger partial charge in [0.05, 0.1) is 7.11 Å². The third-order valence-corrected chi connectivity index (χ3v) is 5.82. The summed E-state index contributed by atoms with van der Waals surface area (Å²) < 4.78 is 20.8. The van der Waals surface area contributed by atoms with Crippen molar-refractivity contribution < 1.29 is 9.13 Å². The van der Waals surface area contributed by atoms with Gasteiger partial charge in [0.2, 0.25) is 0 Å². The Morgan fingerprint density at radius 3 is 2.55 bits per heavy atom. The number of nitrogens with zero attached hydrogens (tertiary/aromatic N) is 6. The van der Waals surface area contributed by atoms with Gasteiger partial charge in [-0.2, -0.15) is 15.9 Å². The van der Waals surface area contributed by atoms with Crippen molar-refractivity contribution in [1.82, 2.24) is 19.8 Å². The molecule has 3 aromatic heterocycles. The van der Waals surface area contributed by atoms with Crippen LogP contribution in [-0.2, 0) is 0 Å². The molecule has 9 heteroatoms. The van der Waals surface area contributed by atoms with Crippen LogP contribution in [0.4, 0.5) is 15.9 Å². The molecule has 0 radical (unpaired) electrons. The third-order valence-electron chi connectivity index (χ3n) is 5.13. The quantitative estimate of drug-likeness (QED) is 0.514. The zero-order valence-electron chi connectivity index (χ0n) is 15.8. The minimum atomic E-state index is -0.340. The molecular formula is C20H19FN6OS. The Morgan fingerprint density at radius 1 is 1.00 bits per heavy atom. The average molecular weight is 410 g/mol. The van der Waals surface area contributed by atoms with Crippen LogP contribution in [0.2, 0.25) is 0 Å². The number of fused-ring (bicyclic) bond motifs is 1. The molecule has 0 unspecified atom stereocenters. The van der Waals surface area contributed by atoms with Gasteiger partial charge < -0.3 is 14.5 Å². The van der Waals surface area contributed by atoms with Gasteiger partial charge in [-0.15, -0.1) is 15.3 Å². The average Bonchev–Trinajstić information content (AvgIpc) is 3.43. The van der Waals surface area contributed by atoms with Crippen LogP contribution in [0.5, 0.6) is 5.75 Å². The van der Waals surface area contributed by atoms with Crippen LogP contribution in [0.15, 0.2) is 47.2 Å². The maximum absolute atomic E-state index is 14.0. The fourth-order valence-electron chi connectivity index (χ4n) is 3.57. The van der Waals surface area contributed by atoms with E-state index in [0.29, 0.717) is 0 Å². The zero-order valence-corrected chi connectivity index (χ0v) is 16.6. The van der Waals surface area contributed by atoms with Crippen LogP contribution < -0.4 is 14.5 Å². The van der Waals surface area contributed by atoms with Gasteiger partial charge in [0, 0.05) is 48.9 Å². The highest BCUT2D eigenvalue weighted by Gasteiger charge is 2.20. The van der Waals surface area contributed by atoms with Crippen LogP contribution in [0.3, 0.4) is 0 Å². The van der Waals surface area contributed by atoms with Gasteiger partial charge in [-0.1, -0.05) is 0 Å². The number of ether oxygens (including phenoxy) is 1. The van der Waals surface area contributed by atoms with Gasteiger partial charge in [-0.05, 0) is 35.7 Å². The Bertz CT molecular complexity index is 1140. The molecule has 1 aliphatic rings. The molecule has 0 N–H and O–H groups in total. The van der Waals surface area contributed by atoms with E-state index in [1.165, 1.54) is 13.2 Å². The number of methoxy groups -OCH3 is 1. The molecule has 0 saturated carbocycles. The standard InChI is InChI=1S/C20H19FN6OS/c1-28-17-3-2-15(12-16(17)21)25-7-9-26(10-8-25)19-5-4-18-22-23-20(27(18)24-19)14-6-11-29-13-14/h2-6,11-13H,7-10H2,1H3. The summed E-state index contributed by atoms with van der Waals surface area (Å²) in [5.41, 5.74) is 2.60.